The lowest BCUT2D eigenvalue weighted by atomic mass is 10.1. The molecule has 1 heterocycles. The lowest BCUT2D eigenvalue weighted by Crippen LogP contribution is -2.35. The Hall–Kier alpha value is -1.88. The molecule has 0 aromatic carbocycles. The fourth-order valence-corrected chi connectivity index (χ4v) is 1.59. The molecule has 5 heteroatoms. The Bertz CT molecular complexity index is 493. The SMILES string of the molecule is C=CCNC(=O)COc1ccc(C)nc1CNC(C)(C)C. The smallest absolute Gasteiger partial charge is 0.258 e. The molecule has 0 radical (unpaired) electrons. The second-order valence-electron chi connectivity index (χ2n) is 5.88. The molecule has 1 amide bonds. The average molecular weight is 291 g/mol. The quantitative estimate of drug-likeness (QED) is 0.754. The van der Waals surface area contributed by atoms with Crippen LogP contribution in [0.3, 0.4) is 0 Å². The van der Waals surface area contributed by atoms with Crippen molar-refractivity contribution >= 4 is 5.91 Å². The molecule has 0 aliphatic heterocycles. The first kappa shape index (κ1) is 17.2. The van der Waals surface area contributed by atoms with Gasteiger partial charge < -0.3 is 15.4 Å². The van der Waals surface area contributed by atoms with Gasteiger partial charge in [-0.25, -0.2) is 0 Å². The fourth-order valence-electron chi connectivity index (χ4n) is 1.59. The van der Waals surface area contributed by atoms with E-state index in [4.69, 9.17) is 4.74 Å². The van der Waals surface area contributed by atoms with Crippen molar-refractivity contribution in [2.45, 2.75) is 39.8 Å². The molecule has 0 aliphatic carbocycles. The van der Waals surface area contributed by atoms with Gasteiger partial charge in [0, 0.05) is 24.3 Å². The van der Waals surface area contributed by atoms with Crippen molar-refractivity contribution in [1.82, 2.24) is 15.6 Å². The van der Waals surface area contributed by atoms with Crippen LogP contribution in [0, 0.1) is 6.92 Å². The van der Waals surface area contributed by atoms with Gasteiger partial charge in [0.25, 0.3) is 5.91 Å². The van der Waals surface area contributed by atoms with Crippen molar-refractivity contribution in [3.63, 3.8) is 0 Å². The van der Waals surface area contributed by atoms with Crippen LogP contribution < -0.4 is 15.4 Å². The van der Waals surface area contributed by atoms with E-state index in [9.17, 15) is 4.79 Å². The minimum absolute atomic E-state index is 0.00989. The molecule has 5 nitrogen and oxygen atoms in total. The van der Waals surface area contributed by atoms with Gasteiger partial charge in [0.1, 0.15) is 5.75 Å². The van der Waals surface area contributed by atoms with Crippen LogP contribution in [0.2, 0.25) is 0 Å². The summed E-state index contributed by atoms with van der Waals surface area (Å²) < 4.78 is 5.57. The number of aromatic nitrogens is 1. The zero-order chi connectivity index (χ0) is 15.9. The Labute approximate surface area is 126 Å². The van der Waals surface area contributed by atoms with Crippen molar-refractivity contribution in [2.75, 3.05) is 13.2 Å². The van der Waals surface area contributed by atoms with Gasteiger partial charge in [-0.1, -0.05) is 6.08 Å². The lowest BCUT2D eigenvalue weighted by Gasteiger charge is -2.21. The summed E-state index contributed by atoms with van der Waals surface area (Å²) >= 11 is 0. The highest BCUT2D eigenvalue weighted by atomic mass is 16.5. The van der Waals surface area contributed by atoms with Crippen molar-refractivity contribution < 1.29 is 9.53 Å². The molecule has 0 atom stereocenters. The van der Waals surface area contributed by atoms with Gasteiger partial charge >= 0.3 is 0 Å². The van der Waals surface area contributed by atoms with E-state index in [1.165, 1.54) is 0 Å². The monoisotopic (exact) mass is 291 g/mol. The van der Waals surface area contributed by atoms with Crippen LogP contribution in [-0.4, -0.2) is 29.6 Å². The summed E-state index contributed by atoms with van der Waals surface area (Å²) in [6.07, 6.45) is 1.63. The molecule has 0 unspecified atom stereocenters. The molecule has 116 valence electrons. The predicted octanol–water partition coefficient (Wildman–Crippen LogP) is 1.96. The number of ether oxygens (including phenoxy) is 1. The molecular weight excluding hydrogens is 266 g/mol. The van der Waals surface area contributed by atoms with Gasteiger partial charge in [-0.05, 0) is 39.8 Å². The van der Waals surface area contributed by atoms with Crippen molar-refractivity contribution in [2.24, 2.45) is 0 Å². The summed E-state index contributed by atoms with van der Waals surface area (Å²) in [6.45, 7) is 12.8. The Morgan fingerprint density at radius 3 is 2.76 bits per heavy atom. The maximum atomic E-state index is 11.6. The Morgan fingerprint density at radius 1 is 1.43 bits per heavy atom. The molecule has 0 fully saturated rings. The molecule has 0 bridgehead atoms. The molecule has 1 rings (SSSR count). The second kappa shape index (κ2) is 7.78. The summed E-state index contributed by atoms with van der Waals surface area (Å²) in [5.41, 5.74) is 1.72. The van der Waals surface area contributed by atoms with Crippen LogP contribution in [-0.2, 0) is 11.3 Å². The second-order valence-corrected chi connectivity index (χ2v) is 5.88. The van der Waals surface area contributed by atoms with Gasteiger partial charge in [0.15, 0.2) is 6.61 Å². The standard InChI is InChI=1S/C16H25N3O2/c1-6-9-17-15(20)11-21-14-8-7-12(2)19-13(14)10-18-16(3,4)5/h6-8,18H,1,9-11H2,2-5H3,(H,17,20). The number of hydrogen-bond acceptors (Lipinski definition) is 4. The van der Waals surface area contributed by atoms with Crippen LogP contribution in [0.4, 0.5) is 0 Å². The largest absolute Gasteiger partial charge is 0.482 e. The minimum Gasteiger partial charge on any atom is -0.482 e. The van der Waals surface area contributed by atoms with E-state index in [0.29, 0.717) is 18.8 Å². The van der Waals surface area contributed by atoms with Gasteiger partial charge in [0.2, 0.25) is 0 Å². The summed E-state index contributed by atoms with van der Waals surface area (Å²) in [6, 6.07) is 3.72. The molecular formula is C16H25N3O2. The lowest BCUT2D eigenvalue weighted by molar-refractivity contribution is -0.122. The van der Waals surface area contributed by atoms with E-state index >= 15 is 0 Å². The summed E-state index contributed by atoms with van der Waals surface area (Å²) in [7, 11) is 0. The number of pyridine rings is 1. The first-order valence-corrected chi connectivity index (χ1v) is 7.04. The molecule has 1 aromatic heterocycles. The molecule has 2 N–H and O–H groups in total. The van der Waals surface area contributed by atoms with Gasteiger partial charge in [0.05, 0.1) is 5.69 Å². The number of aryl methyl sites for hydroxylation is 1. The number of amides is 1. The van der Waals surface area contributed by atoms with Crippen molar-refractivity contribution in [3.8, 4) is 5.75 Å². The van der Waals surface area contributed by atoms with Crippen molar-refractivity contribution in [3.05, 3.63) is 36.2 Å². The first-order chi connectivity index (χ1) is 9.81. The maximum absolute atomic E-state index is 11.6. The highest BCUT2D eigenvalue weighted by molar-refractivity contribution is 5.77. The average Bonchev–Trinajstić information content (AvgIpc) is 2.41. The fraction of sp³-hybridized carbons (Fsp3) is 0.500. The molecule has 0 aliphatic rings. The molecule has 21 heavy (non-hydrogen) atoms. The third-order valence-corrected chi connectivity index (χ3v) is 2.66. The maximum Gasteiger partial charge on any atom is 0.258 e. The van der Waals surface area contributed by atoms with Crippen LogP contribution in [0.25, 0.3) is 0 Å². The van der Waals surface area contributed by atoms with Crippen LogP contribution in [0.5, 0.6) is 5.75 Å². The summed E-state index contributed by atoms with van der Waals surface area (Å²) in [5.74, 6) is 0.455. The number of rotatable bonds is 7. The third kappa shape index (κ3) is 6.90. The normalized spacial score (nSPS) is 11.0. The van der Waals surface area contributed by atoms with E-state index in [2.05, 4.69) is 43.0 Å². The van der Waals surface area contributed by atoms with E-state index in [1.54, 1.807) is 6.08 Å². The Kier molecular flexibility index (Phi) is 6.37. The highest BCUT2D eigenvalue weighted by Gasteiger charge is 2.13. The van der Waals surface area contributed by atoms with Crippen LogP contribution >= 0.6 is 0 Å². The van der Waals surface area contributed by atoms with E-state index in [0.717, 1.165) is 11.4 Å². The zero-order valence-corrected chi connectivity index (χ0v) is 13.3. The summed E-state index contributed by atoms with van der Waals surface area (Å²) in [4.78, 5) is 16.0. The number of carbonyl (C=O) groups is 1. The van der Waals surface area contributed by atoms with Gasteiger partial charge in [-0.3, -0.25) is 9.78 Å². The van der Waals surface area contributed by atoms with Gasteiger partial charge in [-0.15, -0.1) is 6.58 Å². The highest BCUT2D eigenvalue weighted by Crippen LogP contribution is 2.17. The predicted molar refractivity (Wildman–Crippen MR) is 84.3 cm³/mol. The van der Waals surface area contributed by atoms with E-state index < -0.39 is 0 Å². The molecule has 1 aromatic rings. The Balaban J connectivity index is 2.68. The van der Waals surface area contributed by atoms with E-state index in [1.807, 2.05) is 19.1 Å². The van der Waals surface area contributed by atoms with Crippen LogP contribution in [0.15, 0.2) is 24.8 Å². The molecule has 0 spiro atoms. The zero-order valence-electron chi connectivity index (χ0n) is 13.3. The molecule has 0 saturated heterocycles. The number of carbonyl (C=O) groups excluding carboxylic acids is 1. The Morgan fingerprint density at radius 2 is 2.14 bits per heavy atom. The van der Waals surface area contributed by atoms with Crippen molar-refractivity contribution in [1.29, 1.82) is 0 Å². The van der Waals surface area contributed by atoms with Crippen LogP contribution in [0.1, 0.15) is 32.2 Å². The number of nitrogens with zero attached hydrogens (tertiary/aromatic N) is 1. The minimum atomic E-state index is -0.176. The van der Waals surface area contributed by atoms with Gasteiger partial charge in [-0.2, -0.15) is 0 Å². The number of nitrogens with one attached hydrogen (secondary N) is 2. The number of hydrogen-bond donors (Lipinski definition) is 2. The third-order valence-electron chi connectivity index (χ3n) is 2.66. The molecule has 0 saturated carbocycles. The van der Waals surface area contributed by atoms with E-state index in [-0.39, 0.29) is 18.1 Å². The topological polar surface area (TPSA) is 63.2 Å². The first-order valence-electron chi connectivity index (χ1n) is 7.04. The summed E-state index contributed by atoms with van der Waals surface area (Å²) in [5, 5.41) is 6.04.